The standard InChI is InChI=1S/C19H18N4O3S2/c1-2-3-8-18(24)22-20-12-13-9-10-17(15(11-13)23(25)26)28-19-21-14-6-4-5-7-16(14)27-19/h4-7,9-12H,2-3,8H2,1H3,(H,22,24). The third-order valence-corrected chi connectivity index (χ3v) is 5.97. The van der Waals surface area contributed by atoms with E-state index >= 15 is 0 Å². The quantitative estimate of drug-likeness (QED) is 0.318. The summed E-state index contributed by atoms with van der Waals surface area (Å²) in [6.45, 7) is 2.00. The lowest BCUT2D eigenvalue weighted by Gasteiger charge is -2.02. The van der Waals surface area contributed by atoms with E-state index in [1.165, 1.54) is 35.4 Å². The lowest BCUT2D eigenvalue weighted by Crippen LogP contribution is -2.16. The van der Waals surface area contributed by atoms with Gasteiger partial charge in [-0.05, 0) is 24.6 Å². The van der Waals surface area contributed by atoms with E-state index in [1.54, 1.807) is 12.1 Å². The van der Waals surface area contributed by atoms with Crippen LogP contribution in [0.4, 0.5) is 5.69 Å². The Bertz CT molecular complexity index is 1000. The summed E-state index contributed by atoms with van der Waals surface area (Å²) in [6.07, 6.45) is 3.54. The maximum Gasteiger partial charge on any atom is 0.283 e. The lowest BCUT2D eigenvalue weighted by atomic mass is 10.2. The molecule has 1 amide bonds. The Morgan fingerprint density at radius 3 is 2.93 bits per heavy atom. The zero-order valence-corrected chi connectivity index (χ0v) is 16.8. The number of unbranched alkanes of at least 4 members (excludes halogenated alkanes) is 1. The molecule has 0 atom stereocenters. The van der Waals surface area contributed by atoms with Crippen molar-refractivity contribution < 1.29 is 9.72 Å². The van der Waals surface area contributed by atoms with Crippen LogP contribution in [0.15, 0.2) is 56.8 Å². The number of hydrogen-bond acceptors (Lipinski definition) is 7. The molecule has 7 nitrogen and oxygen atoms in total. The van der Waals surface area contributed by atoms with Gasteiger partial charge in [0.1, 0.15) is 0 Å². The number of nitro groups is 1. The Labute approximate surface area is 170 Å². The van der Waals surface area contributed by atoms with Gasteiger partial charge >= 0.3 is 0 Å². The molecule has 0 radical (unpaired) electrons. The van der Waals surface area contributed by atoms with E-state index in [4.69, 9.17) is 0 Å². The van der Waals surface area contributed by atoms with Gasteiger partial charge in [-0.2, -0.15) is 5.10 Å². The van der Waals surface area contributed by atoms with Gasteiger partial charge in [-0.1, -0.05) is 43.3 Å². The number of aromatic nitrogens is 1. The second kappa shape index (κ2) is 9.43. The molecule has 0 saturated carbocycles. The van der Waals surface area contributed by atoms with Crippen LogP contribution < -0.4 is 5.43 Å². The van der Waals surface area contributed by atoms with Crippen molar-refractivity contribution >= 4 is 51.1 Å². The fourth-order valence-corrected chi connectivity index (χ4v) is 4.51. The molecule has 144 valence electrons. The van der Waals surface area contributed by atoms with E-state index in [2.05, 4.69) is 15.5 Å². The summed E-state index contributed by atoms with van der Waals surface area (Å²) in [5.41, 5.74) is 3.82. The highest BCUT2D eigenvalue weighted by atomic mass is 32.2. The Kier molecular flexibility index (Phi) is 6.72. The number of nitrogens with zero attached hydrogens (tertiary/aromatic N) is 3. The lowest BCUT2D eigenvalue weighted by molar-refractivity contribution is -0.387. The van der Waals surface area contributed by atoms with Gasteiger partial charge in [0.15, 0.2) is 4.34 Å². The minimum atomic E-state index is -0.424. The van der Waals surface area contributed by atoms with Gasteiger partial charge in [-0.15, -0.1) is 11.3 Å². The minimum Gasteiger partial charge on any atom is -0.273 e. The average molecular weight is 415 g/mol. The van der Waals surface area contributed by atoms with E-state index in [0.717, 1.165) is 27.4 Å². The highest BCUT2D eigenvalue weighted by Gasteiger charge is 2.17. The van der Waals surface area contributed by atoms with Crippen molar-refractivity contribution in [3.8, 4) is 0 Å². The van der Waals surface area contributed by atoms with E-state index in [-0.39, 0.29) is 11.6 Å². The van der Waals surface area contributed by atoms with Gasteiger partial charge in [-0.3, -0.25) is 14.9 Å². The number of hydrogen-bond donors (Lipinski definition) is 1. The van der Waals surface area contributed by atoms with E-state index in [1.807, 2.05) is 31.2 Å². The molecule has 0 aliphatic carbocycles. The number of carbonyl (C=O) groups is 1. The monoisotopic (exact) mass is 414 g/mol. The topological polar surface area (TPSA) is 97.5 Å². The number of rotatable bonds is 8. The molecule has 0 unspecified atom stereocenters. The van der Waals surface area contributed by atoms with Gasteiger partial charge in [0.05, 0.1) is 26.3 Å². The van der Waals surface area contributed by atoms with E-state index in [0.29, 0.717) is 16.9 Å². The van der Waals surface area contributed by atoms with Crippen molar-refractivity contribution in [2.45, 2.75) is 35.4 Å². The number of nitro benzene ring substituents is 1. The van der Waals surface area contributed by atoms with Gasteiger partial charge < -0.3 is 0 Å². The number of nitrogens with one attached hydrogen (secondary N) is 1. The first-order chi connectivity index (χ1) is 13.6. The molecule has 0 fully saturated rings. The first-order valence-electron chi connectivity index (χ1n) is 8.70. The predicted octanol–water partition coefficient (Wildman–Crippen LogP) is 5.00. The molecule has 3 rings (SSSR count). The second-order valence-electron chi connectivity index (χ2n) is 5.93. The number of benzene rings is 2. The molecule has 0 spiro atoms. The zero-order chi connectivity index (χ0) is 19.9. The molecule has 0 aliphatic heterocycles. The van der Waals surface area contributed by atoms with Crippen LogP contribution in [-0.4, -0.2) is 22.0 Å². The number of thiazole rings is 1. The van der Waals surface area contributed by atoms with Crippen LogP contribution in [0.3, 0.4) is 0 Å². The summed E-state index contributed by atoms with van der Waals surface area (Å²) in [7, 11) is 0. The molecular weight excluding hydrogens is 396 g/mol. The van der Waals surface area contributed by atoms with Crippen molar-refractivity contribution in [1.29, 1.82) is 0 Å². The summed E-state index contributed by atoms with van der Waals surface area (Å²) in [6, 6.07) is 12.6. The molecule has 0 aliphatic rings. The number of fused-ring (bicyclic) bond motifs is 1. The van der Waals surface area contributed by atoms with Gasteiger partial charge in [0, 0.05) is 18.1 Å². The Morgan fingerprint density at radius 1 is 1.36 bits per heavy atom. The predicted molar refractivity (Wildman–Crippen MR) is 112 cm³/mol. The normalized spacial score (nSPS) is 11.2. The highest BCUT2D eigenvalue weighted by molar-refractivity contribution is 8.01. The van der Waals surface area contributed by atoms with Crippen LogP contribution in [0.5, 0.6) is 0 Å². The first-order valence-corrected chi connectivity index (χ1v) is 10.3. The number of carbonyl (C=O) groups excluding carboxylic acids is 1. The maximum absolute atomic E-state index is 11.6. The maximum atomic E-state index is 11.6. The second-order valence-corrected chi connectivity index (χ2v) is 8.25. The van der Waals surface area contributed by atoms with Crippen molar-refractivity contribution in [1.82, 2.24) is 10.4 Å². The fraction of sp³-hybridized carbons (Fsp3) is 0.211. The van der Waals surface area contributed by atoms with E-state index < -0.39 is 4.92 Å². The molecule has 1 N–H and O–H groups in total. The van der Waals surface area contributed by atoms with Crippen LogP contribution in [-0.2, 0) is 4.79 Å². The zero-order valence-electron chi connectivity index (χ0n) is 15.1. The van der Waals surface area contributed by atoms with Gasteiger partial charge in [0.25, 0.3) is 5.69 Å². The van der Waals surface area contributed by atoms with Crippen LogP contribution in [0.1, 0.15) is 31.7 Å². The van der Waals surface area contributed by atoms with Crippen LogP contribution in [0, 0.1) is 10.1 Å². The molecule has 1 heterocycles. The Hall–Kier alpha value is -2.78. The molecule has 2 aromatic carbocycles. The van der Waals surface area contributed by atoms with Crippen molar-refractivity contribution in [2.75, 3.05) is 0 Å². The number of hydrazone groups is 1. The van der Waals surface area contributed by atoms with Crippen LogP contribution in [0.2, 0.25) is 0 Å². The van der Waals surface area contributed by atoms with Crippen LogP contribution >= 0.6 is 23.1 Å². The SMILES string of the molecule is CCCCC(=O)NN=Cc1ccc(Sc2nc3ccccc3s2)c([N+](=O)[O-])c1. The van der Waals surface area contributed by atoms with Gasteiger partial charge in [-0.25, -0.2) is 10.4 Å². The Balaban J connectivity index is 1.75. The molecular formula is C19H18N4O3S2. The Morgan fingerprint density at radius 2 is 2.18 bits per heavy atom. The molecule has 28 heavy (non-hydrogen) atoms. The molecule has 0 bridgehead atoms. The fourth-order valence-electron chi connectivity index (χ4n) is 2.40. The number of para-hydroxylation sites is 1. The summed E-state index contributed by atoms with van der Waals surface area (Å²) in [5.74, 6) is -0.171. The van der Waals surface area contributed by atoms with E-state index in [9.17, 15) is 14.9 Å². The van der Waals surface area contributed by atoms with Crippen molar-refractivity contribution in [2.24, 2.45) is 5.10 Å². The molecule has 0 saturated heterocycles. The van der Waals surface area contributed by atoms with Crippen molar-refractivity contribution in [3.05, 3.63) is 58.1 Å². The third-order valence-electron chi connectivity index (χ3n) is 3.81. The van der Waals surface area contributed by atoms with Gasteiger partial charge in [0.2, 0.25) is 5.91 Å². The molecule has 1 aromatic heterocycles. The summed E-state index contributed by atoms with van der Waals surface area (Å²) in [4.78, 5) is 27.6. The number of amides is 1. The summed E-state index contributed by atoms with van der Waals surface area (Å²) < 4.78 is 1.78. The molecule has 9 heteroatoms. The van der Waals surface area contributed by atoms with Crippen molar-refractivity contribution in [3.63, 3.8) is 0 Å². The smallest absolute Gasteiger partial charge is 0.273 e. The first kappa shape index (κ1) is 20.0. The largest absolute Gasteiger partial charge is 0.283 e. The average Bonchev–Trinajstić information content (AvgIpc) is 3.09. The van der Waals surface area contributed by atoms with Crippen LogP contribution in [0.25, 0.3) is 10.2 Å². The molecule has 3 aromatic rings. The summed E-state index contributed by atoms with van der Waals surface area (Å²) in [5, 5.41) is 15.4. The third kappa shape index (κ3) is 5.14. The summed E-state index contributed by atoms with van der Waals surface area (Å²) >= 11 is 2.76. The minimum absolute atomic E-state index is 0.0227. The highest BCUT2D eigenvalue weighted by Crippen LogP contribution is 2.38.